The molecule has 1 saturated heterocycles. The number of carbonyl (C=O) groups is 2. The second kappa shape index (κ2) is 6.29. The van der Waals surface area contributed by atoms with E-state index < -0.39 is 0 Å². The summed E-state index contributed by atoms with van der Waals surface area (Å²) in [5, 5.41) is -0.203. The number of likely N-dealkylation sites (N-methyl/N-ethyl adjacent to an activating group) is 1. The van der Waals surface area contributed by atoms with Crippen LogP contribution < -0.4 is 0 Å². The van der Waals surface area contributed by atoms with Crippen LogP contribution in [0.3, 0.4) is 0 Å². The molecule has 22 heavy (non-hydrogen) atoms. The smallest absolute Gasteiger partial charge is 0.293 e. The van der Waals surface area contributed by atoms with Gasteiger partial charge >= 0.3 is 0 Å². The summed E-state index contributed by atoms with van der Waals surface area (Å²) in [4.78, 5) is 25.7. The van der Waals surface area contributed by atoms with Gasteiger partial charge in [0.1, 0.15) is 0 Å². The molecule has 112 valence electrons. The molecule has 0 spiro atoms. The molecule has 3 rings (SSSR count). The molecule has 1 aromatic carbocycles. The fraction of sp³-hybridized carbons (Fsp3) is 0.125. The first kappa shape index (κ1) is 15.4. The average Bonchev–Trinajstić information content (AvgIpc) is 3.06. The number of aromatic nitrogens is 1. The predicted molar refractivity (Wildman–Crippen MR) is 96.8 cm³/mol. The number of rotatable bonds is 3. The lowest BCUT2D eigenvalue weighted by Gasteiger charge is -2.08. The van der Waals surface area contributed by atoms with Crippen LogP contribution in [-0.2, 0) is 4.79 Å². The molecule has 0 radical (unpaired) electrons. The van der Waals surface area contributed by atoms with Gasteiger partial charge in [0, 0.05) is 27.7 Å². The highest BCUT2D eigenvalue weighted by atomic mass is 127. The van der Waals surface area contributed by atoms with Gasteiger partial charge in [0.25, 0.3) is 11.1 Å². The van der Waals surface area contributed by atoms with Crippen LogP contribution in [0, 0.1) is 3.57 Å². The Labute approximate surface area is 146 Å². The first-order valence-electron chi connectivity index (χ1n) is 6.79. The molecule has 0 bridgehead atoms. The second-order valence-electron chi connectivity index (χ2n) is 4.71. The molecule has 0 aliphatic carbocycles. The van der Waals surface area contributed by atoms with Crippen molar-refractivity contribution in [2.45, 2.75) is 6.92 Å². The third-order valence-electron chi connectivity index (χ3n) is 3.35. The Bertz CT molecular complexity index is 765. The van der Waals surface area contributed by atoms with Crippen molar-refractivity contribution in [2.75, 3.05) is 6.54 Å². The standard InChI is InChI=1S/C16H13IN2O2S/c1-2-18-15(20)14(22-16(18)21)10-13-4-3-9-19(13)12-7-5-11(17)6-8-12/h3-10H,2H2,1H3/b14-10+. The zero-order valence-corrected chi connectivity index (χ0v) is 14.8. The fourth-order valence-corrected chi connectivity index (χ4v) is 3.50. The number of hydrogen-bond acceptors (Lipinski definition) is 3. The van der Waals surface area contributed by atoms with Gasteiger partial charge in [-0.15, -0.1) is 0 Å². The Hall–Kier alpha value is -1.54. The van der Waals surface area contributed by atoms with Gasteiger partial charge in [-0.05, 0) is 83.8 Å². The molecule has 2 heterocycles. The summed E-state index contributed by atoms with van der Waals surface area (Å²) in [5.74, 6) is -0.215. The third-order valence-corrected chi connectivity index (χ3v) is 4.98. The zero-order chi connectivity index (χ0) is 15.7. The van der Waals surface area contributed by atoms with Crippen molar-refractivity contribution in [3.63, 3.8) is 0 Å². The molecule has 2 amide bonds. The van der Waals surface area contributed by atoms with E-state index in [1.807, 2.05) is 47.2 Å². The van der Waals surface area contributed by atoms with Gasteiger partial charge in [-0.1, -0.05) is 0 Å². The van der Waals surface area contributed by atoms with Crippen LogP contribution in [0.25, 0.3) is 11.8 Å². The Morgan fingerprint density at radius 1 is 1.18 bits per heavy atom. The normalized spacial score (nSPS) is 16.8. The van der Waals surface area contributed by atoms with E-state index in [4.69, 9.17) is 0 Å². The highest BCUT2D eigenvalue weighted by Gasteiger charge is 2.33. The van der Waals surface area contributed by atoms with E-state index in [2.05, 4.69) is 22.6 Å². The van der Waals surface area contributed by atoms with Gasteiger partial charge in [0.15, 0.2) is 0 Å². The average molecular weight is 424 g/mol. The van der Waals surface area contributed by atoms with Crippen molar-refractivity contribution in [2.24, 2.45) is 0 Å². The Kier molecular flexibility index (Phi) is 4.39. The van der Waals surface area contributed by atoms with Crippen molar-refractivity contribution < 1.29 is 9.59 Å². The second-order valence-corrected chi connectivity index (χ2v) is 6.94. The van der Waals surface area contributed by atoms with Crippen molar-refractivity contribution >= 4 is 51.6 Å². The highest BCUT2D eigenvalue weighted by Crippen LogP contribution is 2.32. The van der Waals surface area contributed by atoms with Gasteiger partial charge in [-0.2, -0.15) is 0 Å². The molecular weight excluding hydrogens is 411 g/mol. The molecule has 4 nitrogen and oxygen atoms in total. The number of nitrogens with zero attached hydrogens (tertiary/aromatic N) is 2. The van der Waals surface area contributed by atoms with Crippen LogP contribution in [0.4, 0.5) is 4.79 Å². The summed E-state index contributed by atoms with van der Waals surface area (Å²) < 4.78 is 3.16. The lowest BCUT2D eigenvalue weighted by atomic mass is 10.3. The quantitative estimate of drug-likeness (QED) is 0.550. The minimum Gasteiger partial charge on any atom is -0.317 e. The molecule has 0 N–H and O–H groups in total. The van der Waals surface area contributed by atoms with Crippen molar-refractivity contribution in [1.82, 2.24) is 9.47 Å². The van der Waals surface area contributed by atoms with Crippen LogP contribution in [0.5, 0.6) is 0 Å². The van der Waals surface area contributed by atoms with Gasteiger partial charge in [0.2, 0.25) is 0 Å². The number of hydrogen-bond donors (Lipinski definition) is 0. The molecule has 1 fully saturated rings. The molecule has 0 saturated carbocycles. The minimum absolute atomic E-state index is 0.203. The van der Waals surface area contributed by atoms with E-state index in [9.17, 15) is 9.59 Å². The molecule has 0 unspecified atom stereocenters. The van der Waals surface area contributed by atoms with Crippen LogP contribution >= 0.6 is 34.4 Å². The van der Waals surface area contributed by atoms with Gasteiger partial charge in [-0.25, -0.2) is 0 Å². The highest BCUT2D eigenvalue weighted by molar-refractivity contribution is 14.1. The Morgan fingerprint density at radius 3 is 2.55 bits per heavy atom. The van der Waals surface area contributed by atoms with Crippen LogP contribution in [0.2, 0.25) is 0 Å². The molecule has 1 aromatic heterocycles. The minimum atomic E-state index is -0.215. The van der Waals surface area contributed by atoms with E-state index in [1.54, 1.807) is 13.0 Å². The number of thioether (sulfide) groups is 1. The van der Waals surface area contributed by atoms with Gasteiger partial charge in [-0.3, -0.25) is 14.5 Å². The first-order chi connectivity index (χ1) is 10.6. The number of amides is 2. The van der Waals surface area contributed by atoms with Crippen LogP contribution in [0.1, 0.15) is 12.6 Å². The maximum Gasteiger partial charge on any atom is 0.293 e. The van der Waals surface area contributed by atoms with Crippen LogP contribution in [0.15, 0.2) is 47.5 Å². The lowest BCUT2D eigenvalue weighted by molar-refractivity contribution is -0.122. The number of benzene rings is 1. The lowest BCUT2D eigenvalue weighted by Crippen LogP contribution is -2.27. The third kappa shape index (κ3) is 2.85. The van der Waals surface area contributed by atoms with Gasteiger partial charge in [0.05, 0.1) is 4.91 Å². The van der Waals surface area contributed by atoms with E-state index >= 15 is 0 Å². The predicted octanol–water partition coefficient (Wildman–Crippen LogP) is 4.14. The molecule has 1 aliphatic heterocycles. The maximum absolute atomic E-state index is 12.2. The molecule has 0 atom stereocenters. The summed E-state index contributed by atoms with van der Waals surface area (Å²) in [5.41, 5.74) is 1.90. The summed E-state index contributed by atoms with van der Waals surface area (Å²) in [7, 11) is 0. The Balaban J connectivity index is 1.96. The number of carbonyl (C=O) groups excluding carboxylic acids is 2. The van der Waals surface area contributed by atoms with E-state index in [0.29, 0.717) is 11.4 Å². The summed E-state index contributed by atoms with van der Waals surface area (Å²) in [6, 6.07) is 12.0. The number of imide groups is 1. The van der Waals surface area contributed by atoms with Crippen molar-refractivity contribution in [1.29, 1.82) is 0 Å². The molecular formula is C16H13IN2O2S. The maximum atomic E-state index is 12.2. The van der Waals surface area contributed by atoms with Gasteiger partial charge < -0.3 is 4.57 Å². The molecule has 6 heteroatoms. The topological polar surface area (TPSA) is 42.3 Å². The Morgan fingerprint density at radius 2 is 1.91 bits per heavy atom. The summed E-state index contributed by atoms with van der Waals surface area (Å²) >= 11 is 3.26. The van der Waals surface area contributed by atoms with Crippen LogP contribution in [-0.4, -0.2) is 27.2 Å². The van der Waals surface area contributed by atoms with Crippen molar-refractivity contribution in [3.05, 3.63) is 56.8 Å². The first-order valence-corrected chi connectivity index (χ1v) is 8.68. The van der Waals surface area contributed by atoms with Crippen molar-refractivity contribution in [3.8, 4) is 5.69 Å². The summed E-state index contributed by atoms with van der Waals surface area (Å²) in [6.07, 6.45) is 3.72. The number of halogens is 1. The van der Waals surface area contributed by atoms with E-state index in [0.717, 1.165) is 23.1 Å². The summed E-state index contributed by atoms with van der Waals surface area (Å²) in [6.45, 7) is 2.20. The largest absolute Gasteiger partial charge is 0.317 e. The fourth-order valence-electron chi connectivity index (χ4n) is 2.26. The van der Waals surface area contributed by atoms with E-state index in [1.165, 1.54) is 8.47 Å². The zero-order valence-electron chi connectivity index (χ0n) is 11.8. The molecule has 1 aliphatic rings. The monoisotopic (exact) mass is 424 g/mol. The van der Waals surface area contributed by atoms with E-state index in [-0.39, 0.29) is 11.1 Å². The SMILES string of the molecule is CCN1C(=O)S/C(=C/c2cccn2-c2ccc(I)cc2)C1=O. The molecule has 2 aromatic rings.